The Balaban J connectivity index is 1.48. The quantitative estimate of drug-likeness (QED) is 0.238. The molecule has 0 saturated heterocycles. The average molecular weight is 511 g/mol. The van der Waals surface area contributed by atoms with Crippen LogP contribution in [0.5, 0.6) is 0 Å². The Morgan fingerprint density at radius 1 is 0.625 bits per heavy atom. The molecule has 186 valence electrons. The van der Waals surface area contributed by atoms with Gasteiger partial charge in [-0.25, -0.2) is 9.97 Å². The summed E-state index contributed by atoms with van der Waals surface area (Å²) in [5, 5.41) is 3.31. The molecule has 4 heteroatoms. The molecule has 0 spiro atoms. The number of fused-ring (bicyclic) bond motifs is 5. The highest BCUT2D eigenvalue weighted by atomic mass is 15.1. The van der Waals surface area contributed by atoms with Crippen LogP contribution >= 0.6 is 0 Å². The van der Waals surface area contributed by atoms with E-state index in [1.54, 1.807) is 0 Å². The zero-order chi connectivity index (χ0) is 26.5. The first kappa shape index (κ1) is 22.3. The third-order valence-electron chi connectivity index (χ3n) is 7.42. The van der Waals surface area contributed by atoms with Crippen molar-refractivity contribution in [3.63, 3.8) is 0 Å². The van der Waals surface area contributed by atoms with E-state index in [2.05, 4.69) is 106 Å². The van der Waals surface area contributed by atoms with Gasteiger partial charge in [0.1, 0.15) is 5.82 Å². The molecule has 0 aliphatic rings. The number of rotatable bonds is 4. The molecule has 3 aromatic heterocycles. The van der Waals surface area contributed by atoms with Gasteiger partial charge in [-0.05, 0) is 36.4 Å². The standard InChI is InChI=1S/C36H22N4/c1-4-12-25(13-5-1)30-24-33(38-36(37-30)27-14-6-2-7-15-27)40-31-19-11-10-18-29(31)34-32(40)21-20-26-22-23-39(35(26)34)28-16-8-3-9-17-28/h1-9,11-17,19-24H. The second kappa shape index (κ2) is 8.97. The van der Waals surface area contributed by atoms with Crippen LogP contribution in [0.2, 0.25) is 0 Å². The highest BCUT2D eigenvalue weighted by molar-refractivity contribution is 6.20. The predicted molar refractivity (Wildman–Crippen MR) is 162 cm³/mol. The summed E-state index contributed by atoms with van der Waals surface area (Å²) in [6.07, 6.45) is 2.14. The van der Waals surface area contributed by atoms with Crippen LogP contribution in [0, 0.1) is 12.1 Å². The fourth-order valence-corrected chi connectivity index (χ4v) is 5.61. The van der Waals surface area contributed by atoms with E-state index >= 15 is 0 Å². The van der Waals surface area contributed by atoms with Gasteiger partial charge < -0.3 is 4.57 Å². The van der Waals surface area contributed by atoms with Crippen molar-refractivity contribution in [1.82, 2.24) is 19.1 Å². The summed E-state index contributed by atoms with van der Waals surface area (Å²) < 4.78 is 4.49. The molecular weight excluding hydrogens is 488 g/mol. The number of nitrogens with zero attached hydrogens (tertiary/aromatic N) is 4. The molecule has 8 rings (SSSR count). The van der Waals surface area contributed by atoms with Crippen LogP contribution in [0.4, 0.5) is 0 Å². The first-order valence-electron chi connectivity index (χ1n) is 13.3. The van der Waals surface area contributed by atoms with Gasteiger partial charge in [0.15, 0.2) is 5.82 Å². The third-order valence-corrected chi connectivity index (χ3v) is 7.42. The van der Waals surface area contributed by atoms with Crippen molar-refractivity contribution in [2.75, 3.05) is 0 Å². The zero-order valence-electron chi connectivity index (χ0n) is 21.5. The molecule has 0 atom stereocenters. The Bertz CT molecular complexity index is 2080. The van der Waals surface area contributed by atoms with Crippen LogP contribution in [-0.4, -0.2) is 19.1 Å². The van der Waals surface area contributed by atoms with Crippen LogP contribution < -0.4 is 0 Å². The van der Waals surface area contributed by atoms with E-state index in [1.165, 1.54) is 5.39 Å². The summed E-state index contributed by atoms with van der Waals surface area (Å²) in [7, 11) is 0. The molecule has 0 radical (unpaired) electrons. The predicted octanol–water partition coefficient (Wildman–Crippen LogP) is 8.45. The molecule has 8 aromatic rings. The maximum absolute atomic E-state index is 5.14. The van der Waals surface area contributed by atoms with Crippen molar-refractivity contribution < 1.29 is 0 Å². The van der Waals surface area contributed by atoms with Gasteiger partial charge in [0.05, 0.1) is 27.6 Å². The summed E-state index contributed by atoms with van der Waals surface area (Å²) in [6.45, 7) is 0. The van der Waals surface area contributed by atoms with E-state index in [0.717, 1.165) is 55.6 Å². The summed E-state index contributed by atoms with van der Waals surface area (Å²) >= 11 is 0. The number of benzene rings is 4. The SMILES string of the molecule is c1ccc2c(c#1)c1c3c(ccc1n2-c1cc(-c2ccccc2)nc(-c2ccccc2)n1)ccn3-c1ccccc1. The Morgan fingerprint density at radius 3 is 2.12 bits per heavy atom. The molecule has 0 saturated carbocycles. The van der Waals surface area contributed by atoms with Crippen molar-refractivity contribution in [1.29, 1.82) is 0 Å². The molecular formula is C36H22N4. The molecule has 0 aliphatic heterocycles. The molecule has 0 aliphatic carbocycles. The highest BCUT2D eigenvalue weighted by Gasteiger charge is 2.19. The van der Waals surface area contributed by atoms with Gasteiger partial charge in [0.2, 0.25) is 0 Å². The van der Waals surface area contributed by atoms with Gasteiger partial charge in [-0.15, -0.1) is 0 Å². The normalized spacial score (nSPS) is 11.3. The number of aromatic nitrogens is 4. The van der Waals surface area contributed by atoms with E-state index in [-0.39, 0.29) is 0 Å². The molecule has 0 N–H and O–H groups in total. The lowest BCUT2D eigenvalue weighted by atomic mass is 10.1. The molecule has 0 fully saturated rings. The van der Waals surface area contributed by atoms with Crippen LogP contribution in [-0.2, 0) is 0 Å². The molecule has 0 unspecified atom stereocenters. The van der Waals surface area contributed by atoms with E-state index < -0.39 is 0 Å². The molecule has 3 heterocycles. The van der Waals surface area contributed by atoms with Crippen molar-refractivity contribution in [2.24, 2.45) is 0 Å². The monoisotopic (exact) mass is 510 g/mol. The molecule has 40 heavy (non-hydrogen) atoms. The summed E-state index contributed by atoms with van der Waals surface area (Å²) in [5.41, 5.74) is 7.24. The second-order valence-electron chi connectivity index (χ2n) is 9.78. The van der Waals surface area contributed by atoms with Crippen molar-refractivity contribution in [3.8, 4) is 34.2 Å². The van der Waals surface area contributed by atoms with Gasteiger partial charge >= 0.3 is 0 Å². The van der Waals surface area contributed by atoms with Crippen molar-refractivity contribution in [2.45, 2.75) is 0 Å². The molecule has 5 aromatic carbocycles. The van der Waals surface area contributed by atoms with Crippen LogP contribution in [0.25, 0.3) is 66.9 Å². The Morgan fingerprint density at radius 2 is 1.35 bits per heavy atom. The highest BCUT2D eigenvalue weighted by Crippen LogP contribution is 2.38. The van der Waals surface area contributed by atoms with E-state index in [0.29, 0.717) is 5.82 Å². The van der Waals surface area contributed by atoms with E-state index in [4.69, 9.17) is 9.97 Å². The minimum atomic E-state index is 0.687. The number of hydrogen-bond donors (Lipinski definition) is 0. The lowest BCUT2D eigenvalue weighted by molar-refractivity contribution is 1.05. The maximum atomic E-state index is 5.14. The average Bonchev–Trinajstić information content (AvgIpc) is 3.61. The first-order chi connectivity index (χ1) is 19.8. The largest absolute Gasteiger partial charge is 0.316 e. The summed E-state index contributed by atoms with van der Waals surface area (Å²) in [6, 6.07) is 50.2. The smallest absolute Gasteiger partial charge is 0.162 e. The van der Waals surface area contributed by atoms with E-state index in [1.807, 2.05) is 48.5 Å². The zero-order valence-corrected chi connectivity index (χ0v) is 21.5. The summed E-state index contributed by atoms with van der Waals surface area (Å²) in [5.74, 6) is 1.50. The van der Waals surface area contributed by atoms with Crippen LogP contribution in [0.1, 0.15) is 0 Å². The maximum Gasteiger partial charge on any atom is 0.162 e. The van der Waals surface area contributed by atoms with Crippen LogP contribution in [0.3, 0.4) is 0 Å². The third kappa shape index (κ3) is 3.49. The Hall–Kier alpha value is -5.66. The van der Waals surface area contributed by atoms with Gasteiger partial charge in [-0.1, -0.05) is 97.1 Å². The molecule has 0 bridgehead atoms. The minimum Gasteiger partial charge on any atom is -0.316 e. The first-order valence-corrected chi connectivity index (χ1v) is 13.3. The van der Waals surface area contributed by atoms with Gasteiger partial charge in [0.25, 0.3) is 0 Å². The summed E-state index contributed by atoms with van der Waals surface area (Å²) in [4.78, 5) is 10.1. The molecule has 0 amide bonds. The number of para-hydroxylation sites is 1. The van der Waals surface area contributed by atoms with Crippen molar-refractivity contribution in [3.05, 3.63) is 146 Å². The van der Waals surface area contributed by atoms with Gasteiger partial charge in [0, 0.05) is 39.8 Å². The lowest BCUT2D eigenvalue weighted by Gasteiger charge is -2.12. The second-order valence-corrected chi connectivity index (χ2v) is 9.78. The Kier molecular flexibility index (Phi) is 5.01. The van der Waals surface area contributed by atoms with Gasteiger partial charge in [-0.3, -0.25) is 4.57 Å². The van der Waals surface area contributed by atoms with E-state index in [9.17, 15) is 0 Å². The molecule has 4 nitrogen and oxygen atoms in total. The van der Waals surface area contributed by atoms with Crippen LogP contribution in [0.15, 0.2) is 134 Å². The number of hydrogen-bond acceptors (Lipinski definition) is 2. The topological polar surface area (TPSA) is 35.6 Å². The fourth-order valence-electron chi connectivity index (χ4n) is 5.61. The minimum absolute atomic E-state index is 0.687. The van der Waals surface area contributed by atoms with Crippen molar-refractivity contribution >= 4 is 32.7 Å². The Labute approximate surface area is 231 Å². The fraction of sp³-hybridized carbons (Fsp3) is 0. The lowest BCUT2D eigenvalue weighted by Crippen LogP contribution is -2.02. The van der Waals surface area contributed by atoms with Gasteiger partial charge in [-0.2, -0.15) is 0 Å².